The van der Waals surface area contributed by atoms with Crippen LogP contribution in [0.3, 0.4) is 0 Å². The van der Waals surface area contributed by atoms with Crippen molar-refractivity contribution >= 4 is 82.1 Å². The number of nitrogens with zero attached hydrogens (tertiary/aromatic N) is 1. The molecule has 0 bridgehead atoms. The van der Waals surface area contributed by atoms with Gasteiger partial charge in [-0.15, -0.1) is 0 Å². The summed E-state index contributed by atoms with van der Waals surface area (Å²) in [5, 5.41) is 11.9. The van der Waals surface area contributed by atoms with Crippen molar-refractivity contribution in [3.8, 4) is 11.1 Å². The van der Waals surface area contributed by atoms with E-state index in [9.17, 15) is 0 Å². The summed E-state index contributed by atoms with van der Waals surface area (Å²) in [6, 6.07) is 63.3. The number of fused-ring (bicyclic) bond motifs is 10. The lowest BCUT2D eigenvalue weighted by Gasteiger charge is -2.29. The van der Waals surface area contributed by atoms with Gasteiger partial charge < -0.3 is 9.32 Å². The summed E-state index contributed by atoms with van der Waals surface area (Å²) in [6.45, 7) is 0. The fraction of sp³-hybridized carbons (Fsp3) is 0. The lowest BCUT2D eigenvalue weighted by Crippen LogP contribution is -2.11. The maximum absolute atomic E-state index is 6.68. The van der Waals surface area contributed by atoms with Crippen molar-refractivity contribution in [3.63, 3.8) is 0 Å². The first kappa shape index (κ1) is 26.8. The van der Waals surface area contributed by atoms with Crippen LogP contribution in [0.25, 0.3) is 76.2 Å². The third-order valence-electron chi connectivity index (χ3n) is 9.81. The van der Waals surface area contributed by atoms with E-state index >= 15 is 0 Å². The molecule has 0 fully saturated rings. The molecule has 0 aliphatic rings. The summed E-state index contributed by atoms with van der Waals surface area (Å²) in [5.41, 5.74) is 7.49. The van der Waals surface area contributed by atoms with Crippen LogP contribution >= 0.6 is 0 Å². The van der Waals surface area contributed by atoms with Crippen LogP contribution in [0.2, 0.25) is 0 Å². The van der Waals surface area contributed by atoms with Gasteiger partial charge in [0.15, 0.2) is 0 Å². The van der Waals surface area contributed by atoms with E-state index in [0.717, 1.165) is 49.8 Å². The second kappa shape index (κ2) is 10.6. The molecule has 10 aromatic rings. The second-order valence-electron chi connectivity index (χ2n) is 12.5. The molecule has 0 spiro atoms. The number of para-hydroxylation sites is 1. The molecule has 0 atom stereocenters. The average Bonchev–Trinajstić information content (AvgIpc) is 3.54. The fourth-order valence-electron chi connectivity index (χ4n) is 7.61. The van der Waals surface area contributed by atoms with Crippen LogP contribution in [-0.4, -0.2) is 0 Å². The van der Waals surface area contributed by atoms with Gasteiger partial charge in [-0.1, -0.05) is 140 Å². The minimum Gasteiger partial charge on any atom is -0.455 e. The van der Waals surface area contributed by atoms with E-state index in [1.807, 2.05) is 6.07 Å². The molecular weight excluding hydrogens is 583 g/mol. The van der Waals surface area contributed by atoms with E-state index in [-0.39, 0.29) is 0 Å². The highest BCUT2D eigenvalue weighted by Gasteiger charge is 2.22. The quantitative estimate of drug-likeness (QED) is 0.184. The lowest BCUT2D eigenvalue weighted by molar-refractivity contribution is 0.672. The van der Waals surface area contributed by atoms with Gasteiger partial charge in [0.05, 0.1) is 11.4 Å². The van der Waals surface area contributed by atoms with Crippen molar-refractivity contribution in [3.05, 3.63) is 176 Å². The second-order valence-corrected chi connectivity index (χ2v) is 12.5. The molecular formula is C46H29NO. The molecule has 9 aromatic carbocycles. The molecule has 0 amide bonds. The highest BCUT2D eigenvalue weighted by atomic mass is 16.3. The Kier molecular flexibility index (Phi) is 5.91. The van der Waals surface area contributed by atoms with E-state index in [1.165, 1.54) is 43.4 Å². The summed E-state index contributed by atoms with van der Waals surface area (Å²) in [7, 11) is 0. The van der Waals surface area contributed by atoms with Gasteiger partial charge >= 0.3 is 0 Å². The Bertz CT molecular complexity index is 2830. The monoisotopic (exact) mass is 611 g/mol. The van der Waals surface area contributed by atoms with Crippen LogP contribution in [0.5, 0.6) is 0 Å². The number of hydrogen-bond donors (Lipinski definition) is 0. The Balaban J connectivity index is 1.31. The highest BCUT2D eigenvalue weighted by Crippen LogP contribution is 2.47. The van der Waals surface area contributed by atoms with E-state index in [4.69, 9.17) is 4.42 Å². The predicted molar refractivity (Wildman–Crippen MR) is 204 cm³/mol. The van der Waals surface area contributed by atoms with Crippen molar-refractivity contribution in [2.24, 2.45) is 0 Å². The van der Waals surface area contributed by atoms with Crippen molar-refractivity contribution in [1.29, 1.82) is 0 Å². The molecule has 2 nitrogen and oxygen atoms in total. The summed E-state index contributed by atoms with van der Waals surface area (Å²) in [6.07, 6.45) is 0. The normalized spacial score (nSPS) is 11.8. The molecule has 0 aliphatic carbocycles. The van der Waals surface area contributed by atoms with Crippen LogP contribution in [-0.2, 0) is 0 Å². The van der Waals surface area contributed by atoms with E-state index < -0.39 is 0 Å². The largest absolute Gasteiger partial charge is 0.455 e. The molecule has 0 saturated carbocycles. The lowest BCUT2D eigenvalue weighted by atomic mass is 9.94. The van der Waals surface area contributed by atoms with Crippen LogP contribution in [0, 0.1) is 0 Å². The number of furan rings is 1. The number of rotatable bonds is 4. The van der Waals surface area contributed by atoms with E-state index in [1.54, 1.807) is 0 Å². The Morgan fingerprint density at radius 1 is 0.354 bits per heavy atom. The van der Waals surface area contributed by atoms with Gasteiger partial charge in [0, 0.05) is 27.2 Å². The molecule has 0 saturated heterocycles. The summed E-state index contributed by atoms with van der Waals surface area (Å²) >= 11 is 0. The Labute approximate surface area is 277 Å². The molecule has 0 N–H and O–H groups in total. The van der Waals surface area contributed by atoms with Gasteiger partial charge in [-0.3, -0.25) is 0 Å². The first-order valence-corrected chi connectivity index (χ1v) is 16.4. The van der Waals surface area contributed by atoms with Crippen molar-refractivity contribution in [2.45, 2.75) is 0 Å². The Morgan fingerprint density at radius 2 is 1.00 bits per heavy atom. The maximum Gasteiger partial charge on any atom is 0.145 e. The zero-order valence-electron chi connectivity index (χ0n) is 26.1. The highest BCUT2D eigenvalue weighted by molar-refractivity contribution is 6.25. The summed E-state index contributed by atoms with van der Waals surface area (Å²) in [4.78, 5) is 2.43. The number of anilines is 3. The average molecular weight is 612 g/mol. The Hall–Kier alpha value is -6.38. The summed E-state index contributed by atoms with van der Waals surface area (Å²) < 4.78 is 6.68. The van der Waals surface area contributed by atoms with Crippen LogP contribution in [0.4, 0.5) is 17.1 Å². The van der Waals surface area contributed by atoms with Gasteiger partial charge in [0.2, 0.25) is 0 Å². The molecule has 1 aromatic heterocycles. The van der Waals surface area contributed by atoms with Gasteiger partial charge in [-0.05, 0) is 79.8 Å². The molecule has 2 heteroatoms. The van der Waals surface area contributed by atoms with Crippen LogP contribution in [0.15, 0.2) is 180 Å². The van der Waals surface area contributed by atoms with Gasteiger partial charge in [-0.2, -0.15) is 0 Å². The molecule has 1 heterocycles. The zero-order valence-corrected chi connectivity index (χ0v) is 26.1. The van der Waals surface area contributed by atoms with Gasteiger partial charge in [-0.25, -0.2) is 0 Å². The zero-order chi connectivity index (χ0) is 31.6. The topological polar surface area (TPSA) is 16.4 Å². The third kappa shape index (κ3) is 4.06. The van der Waals surface area contributed by atoms with E-state index in [2.05, 4.69) is 175 Å². The van der Waals surface area contributed by atoms with Crippen molar-refractivity contribution in [2.75, 3.05) is 4.90 Å². The van der Waals surface area contributed by atoms with Crippen LogP contribution < -0.4 is 4.90 Å². The minimum absolute atomic E-state index is 0.900. The standard InChI is InChI=1S/C46H29NO/c1-2-11-30(12-3-1)31-23-26-35(27-24-31)47(41-19-10-14-33-25-28-40-38-17-8-9-20-43(38)48-46(40)45(33)41)42-29-34-22-21-32-13-4-5-15-36(32)44(34)39-18-7-6-16-37(39)42/h1-29H. The molecule has 0 unspecified atom stereocenters. The fourth-order valence-corrected chi connectivity index (χ4v) is 7.61. The molecule has 0 aliphatic heterocycles. The van der Waals surface area contributed by atoms with Crippen molar-refractivity contribution < 1.29 is 4.42 Å². The molecule has 48 heavy (non-hydrogen) atoms. The first-order valence-electron chi connectivity index (χ1n) is 16.4. The number of hydrogen-bond acceptors (Lipinski definition) is 2. The third-order valence-corrected chi connectivity index (χ3v) is 9.81. The van der Waals surface area contributed by atoms with Gasteiger partial charge in [0.1, 0.15) is 11.2 Å². The van der Waals surface area contributed by atoms with Crippen LogP contribution in [0.1, 0.15) is 0 Å². The summed E-state index contributed by atoms with van der Waals surface area (Å²) in [5.74, 6) is 0. The number of benzene rings is 9. The Morgan fingerprint density at radius 3 is 1.85 bits per heavy atom. The maximum atomic E-state index is 6.68. The molecule has 224 valence electrons. The smallest absolute Gasteiger partial charge is 0.145 e. The SMILES string of the molecule is c1ccc(-c2ccc(N(c3cc4ccc5ccccc5c4c4ccccc34)c3cccc4ccc5c6ccccc6oc5c34)cc2)cc1. The molecule has 10 rings (SSSR count). The van der Waals surface area contributed by atoms with Gasteiger partial charge in [0.25, 0.3) is 0 Å². The molecule has 0 radical (unpaired) electrons. The van der Waals surface area contributed by atoms with E-state index in [0.29, 0.717) is 0 Å². The first-order chi connectivity index (χ1) is 23.8. The predicted octanol–water partition coefficient (Wildman–Crippen LogP) is 13.3. The minimum atomic E-state index is 0.900. The van der Waals surface area contributed by atoms with Crippen molar-refractivity contribution in [1.82, 2.24) is 0 Å².